The molecule has 3 aromatic heterocycles. The third kappa shape index (κ3) is 3.72. The summed E-state index contributed by atoms with van der Waals surface area (Å²) in [6.07, 6.45) is 2.94. The Kier molecular flexibility index (Phi) is 5.20. The molecule has 34 heavy (non-hydrogen) atoms. The zero-order valence-corrected chi connectivity index (χ0v) is 18.0. The van der Waals surface area contributed by atoms with Crippen molar-refractivity contribution in [2.24, 2.45) is 0 Å². The van der Waals surface area contributed by atoms with E-state index >= 15 is 0 Å². The maximum absolute atomic E-state index is 14.3. The summed E-state index contributed by atoms with van der Waals surface area (Å²) in [6, 6.07) is 9.81. The molecule has 0 aliphatic heterocycles. The predicted octanol–water partition coefficient (Wildman–Crippen LogP) is 5.36. The van der Waals surface area contributed by atoms with Gasteiger partial charge >= 0.3 is 0 Å². The lowest BCUT2D eigenvalue weighted by Crippen LogP contribution is -2.12. The Labute approximate surface area is 191 Å². The molecule has 5 rings (SSSR count). The summed E-state index contributed by atoms with van der Waals surface area (Å²) in [5.74, 6) is -2.25. The Morgan fingerprint density at radius 3 is 1.38 bits per heavy atom. The van der Waals surface area contributed by atoms with E-state index in [1.165, 1.54) is 33.9 Å². The Bertz CT molecular complexity index is 1420. The molecule has 0 spiro atoms. The van der Waals surface area contributed by atoms with Gasteiger partial charge in [-0.25, -0.2) is 36.9 Å². The van der Waals surface area contributed by atoms with Gasteiger partial charge in [-0.2, -0.15) is 10.2 Å². The van der Waals surface area contributed by atoms with Crippen molar-refractivity contribution < 1.29 is 17.6 Å². The largest absolute Gasteiger partial charge is 0.232 e. The molecule has 6 nitrogen and oxygen atoms in total. The molecule has 0 unspecified atom stereocenters. The first kappa shape index (κ1) is 21.5. The number of hydrogen-bond acceptors (Lipinski definition) is 4. The van der Waals surface area contributed by atoms with E-state index in [2.05, 4.69) is 20.2 Å². The molecule has 170 valence electrons. The van der Waals surface area contributed by atoms with Gasteiger partial charge in [0, 0.05) is 47.0 Å². The fourth-order valence-electron chi connectivity index (χ4n) is 3.66. The van der Waals surface area contributed by atoms with Gasteiger partial charge in [-0.05, 0) is 50.2 Å². The molecule has 3 heterocycles. The molecule has 0 fully saturated rings. The maximum atomic E-state index is 14.3. The van der Waals surface area contributed by atoms with Gasteiger partial charge in [0.1, 0.15) is 23.3 Å². The topological polar surface area (TPSA) is 61.4 Å². The Hall–Kier alpha value is -4.34. The van der Waals surface area contributed by atoms with Crippen LogP contribution in [-0.4, -0.2) is 29.5 Å². The van der Waals surface area contributed by atoms with E-state index in [0.717, 1.165) is 24.3 Å². The second-order valence-electron chi connectivity index (χ2n) is 7.62. The smallest absolute Gasteiger partial charge is 0.199 e. The number of aryl methyl sites for hydroxylation is 2. The van der Waals surface area contributed by atoms with Crippen molar-refractivity contribution in [3.8, 4) is 34.2 Å². The Morgan fingerprint density at radius 2 is 1.00 bits per heavy atom. The fourth-order valence-corrected chi connectivity index (χ4v) is 3.66. The molecule has 0 aliphatic rings. The van der Waals surface area contributed by atoms with E-state index in [-0.39, 0.29) is 22.5 Å². The highest BCUT2D eigenvalue weighted by Gasteiger charge is 2.20. The molecule has 0 atom stereocenters. The first-order valence-corrected chi connectivity index (χ1v) is 10.2. The highest BCUT2D eigenvalue weighted by molar-refractivity contribution is 5.62. The summed E-state index contributed by atoms with van der Waals surface area (Å²) in [4.78, 5) is 8.76. The Balaban J connectivity index is 1.61. The molecular formula is C24H16F4N6. The average Bonchev–Trinajstić information content (AvgIpc) is 3.36. The van der Waals surface area contributed by atoms with Crippen molar-refractivity contribution in [2.45, 2.75) is 13.8 Å². The number of halogens is 4. The van der Waals surface area contributed by atoms with Gasteiger partial charge in [0.25, 0.3) is 0 Å². The highest BCUT2D eigenvalue weighted by atomic mass is 19.1. The molecule has 0 bridgehead atoms. The number of hydrogen-bond donors (Lipinski definition) is 0. The van der Waals surface area contributed by atoms with Gasteiger partial charge in [-0.3, -0.25) is 0 Å². The maximum Gasteiger partial charge on any atom is 0.199 e. The number of rotatable bonds is 4. The molecule has 0 aliphatic carbocycles. The zero-order chi connectivity index (χ0) is 24.0. The normalized spacial score (nSPS) is 11.2. The van der Waals surface area contributed by atoms with Crippen LogP contribution in [0.15, 0.2) is 60.9 Å². The summed E-state index contributed by atoms with van der Waals surface area (Å²) < 4.78 is 58.2. The average molecular weight is 464 g/mol. The summed E-state index contributed by atoms with van der Waals surface area (Å²) in [6.45, 7) is 3.51. The highest BCUT2D eigenvalue weighted by Crippen LogP contribution is 2.28. The molecule has 0 N–H and O–H groups in total. The van der Waals surface area contributed by atoms with E-state index < -0.39 is 23.3 Å². The molecule has 0 saturated carbocycles. The van der Waals surface area contributed by atoms with Crippen molar-refractivity contribution in [2.75, 3.05) is 0 Å². The molecular weight excluding hydrogens is 448 g/mol. The van der Waals surface area contributed by atoms with E-state index in [0.29, 0.717) is 23.0 Å². The molecule has 0 saturated heterocycles. The summed E-state index contributed by atoms with van der Waals surface area (Å²) in [5, 5.41) is 8.91. The van der Waals surface area contributed by atoms with Gasteiger partial charge in [0.2, 0.25) is 0 Å². The quantitative estimate of drug-likeness (QED) is 0.336. The predicted molar refractivity (Wildman–Crippen MR) is 116 cm³/mol. The number of benzene rings is 2. The van der Waals surface area contributed by atoms with Gasteiger partial charge in [0.05, 0.1) is 11.4 Å². The molecule has 10 heteroatoms. The van der Waals surface area contributed by atoms with Gasteiger partial charge in [0.15, 0.2) is 11.6 Å². The molecule has 0 amide bonds. The van der Waals surface area contributed by atoms with Crippen LogP contribution in [0.5, 0.6) is 0 Å². The van der Waals surface area contributed by atoms with E-state index in [1.54, 1.807) is 26.0 Å². The monoisotopic (exact) mass is 464 g/mol. The van der Waals surface area contributed by atoms with Gasteiger partial charge in [-0.15, -0.1) is 0 Å². The number of nitrogens with zero attached hydrogens (tertiary/aromatic N) is 6. The van der Waals surface area contributed by atoms with Crippen LogP contribution >= 0.6 is 0 Å². The first-order valence-electron chi connectivity index (χ1n) is 10.2. The molecule has 2 aromatic carbocycles. The minimum Gasteiger partial charge on any atom is -0.232 e. The van der Waals surface area contributed by atoms with Crippen LogP contribution < -0.4 is 0 Å². The van der Waals surface area contributed by atoms with Crippen LogP contribution in [0.2, 0.25) is 0 Å². The third-order valence-corrected chi connectivity index (χ3v) is 5.25. The summed E-state index contributed by atoms with van der Waals surface area (Å²) in [5.41, 5.74) is 2.09. The fraction of sp³-hybridized carbons (Fsp3) is 0.0833. The lowest BCUT2D eigenvalue weighted by Gasteiger charge is -2.10. The first-order chi connectivity index (χ1) is 16.3. The lowest BCUT2D eigenvalue weighted by molar-refractivity contribution is 0.584. The van der Waals surface area contributed by atoms with Crippen molar-refractivity contribution in [1.82, 2.24) is 29.5 Å². The Morgan fingerprint density at radius 1 is 0.588 bits per heavy atom. The van der Waals surface area contributed by atoms with Crippen molar-refractivity contribution >= 4 is 0 Å². The lowest BCUT2D eigenvalue weighted by atomic mass is 10.1. The zero-order valence-electron chi connectivity index (χ0n) is 18.0. The SMILES string of the molecule is Cc1cc(-c2ccc(F)cc2F)nn1-c1nccnc1-n1nc(-c2ccc(F)cc2F)cc1C. The van der Waals surface area contributed by atoms with E-state index in [9.17, 15) is 17.6 Å². The molecule has 0 radical (unpaired) electrons. The van der Waals surface area contributed by atoms with Crippen LogP contribution in [0.1, 0.15) is 11.4 Å². The van der Waals surface area contributed by atoms with Crippen LogP contribution in [0.3, 0.4) is 0 Å². The standard InChI is InChI=1S/C24H16F4N6/c1-13-9-21(17-5-3-15(25)11-19(17)27)31-33(13)23-24(30-8-7-29-23)34-14(2)10-22(32-34)18-6-4-16(26)12-20(18)28/h3-12H,1-2H3. The summed E-state index contributed by atoms with van der Waals surface area (Å²) >= 11 is 0. The van der Waals surface area contributed by atoms with Crippen LogP contribution in [0.25, 0.3) is 34.2 Å². The minimum absolute atomic E-state index is 0.137. The molecule has 5 aromatic rings. The second kappa shape index (κ2) is 8.22. The van der Waals surface area contributed by atoms with Gasteiger partial charge in [-0.1, -0.05) is 0 Å². The van der Waals surface area contributed by atoms with Crippen LogP contribution in [0, 0.1) is 37.1 Å². The third-order valence-electron chi connectivity index (χ3n) is 5.25. The summed E-state index contributed by atoms with van der Waals surface area (Å²) in [7, 11) is 0. The van der Waals surface area contributed by atoms with Crippen LogP contribution in [0.4, 0.5) is 17.6 Å². The van der Waals surface area contributed by atoms with Crippen molar-refractivity contribution in [1.29, 1.82) is 0 Å². The van der Waals surface area contributed by atoms with Gasteiger partial charge < -0.3 is 0 Å². The van der Waals surface area contributed by atoms with E-state index in [4.69, 9.17) is 0 Å². The van der Waals surface area contributed by atoms with E-state index in [1.807, 2.05) is 0 Å². The van der Waals surface area contributed by atoms with Crippen molar-refractivity contribution in [3.63, 3.8) is 0 Å². The van der Waals surface area contributed by atoms with Crippen molar-refractivity contribution in [3.05, 3.63) is 95.6 Å². The minimum atomic E-state index is -0.738. The second-order valence-corrected chi connectivity index (χ2v) is 7.62. The van der Waals surface area contributed by atoms with Crippen LogP contribution in [-0.2, 0) is 0 Å². The number of aromatic nitrogens is 6.